The van der Waals surface area contributed by atoms with Gasteiger partial charge in [-0.05, 0) is 19.8 Å². The second kappa shape index (κ2) is 4.21. The zero-order valence-corrected chi connectivity index (χ0v) is 9.88. The van der Waals surface area contributed by atoms with Crippen LogP contribution in [0.3, 0.4) is 0 Å². The first-order valence-corrected chi connectivity index (χ1v) is 5.11. The number of carbonyl (C=O) groups is 1. The Morgan fingerprint density at radius 1 is 1.50 bits per heavy atom. The fourth-order valence-corrected chi connectivity index (χ4v) is 1.12. The molecule has 1 aromatic rings. The standard InChI is InChI=1S/C10H17N3O3/c1-6(2)8(14)7-5-13(12-11-7)10(3,4)9(15)16/h5-6,8,14H,1-4H3,(H,15,16). The minimum absolute atomic E-state index is 0.0121. The maximum atomic E-state index is 11.0. The number of nitrogens with zero attached hydrogens (tertiary/aromatic N) is 3. The van der Waals surface area contributed by atoms with Gasteiger partial charge in [0.1, 0.15) is 11.8 Å². The molecular formula is C10H17N3O3. The van der Waals surface area contributed by atoms with Gasteiger partial charge in [0, 0.05) is 0 Å². The lowest BCUT2D eigenvalue weighted by Gasteiger charge is -2.18. The average Bonchev–Trinajstić information content (AvgIpc) is 2.65. The van der Waals surface area contributed by atoms with Crippen LogP contribution in [0, 0.1) is 5.92 Å². The summed E-state index contributed by atoms with van der Waals surface area (Å²) in [7, 11) is 0. The highest BCUT2D eigenvalue weighted by Gasteiger charge is 2.31. The molecule has 0 aliphatic rings. The van der Waals surface area contributed by atoms with Crippen molar-refractivity contribution < 1.29 is 15.0 Å². The molecule has 0 saturated carbocycles. The van der Waals surface area contributed by atoms with Crippen molar-refractivity contribution in [3.05, 3.63) is 11.9 Å². The summed E-state index contributed by atoms with van der Waals surface area (Å²) in [4.78, 5) is 11.0. The summed E-state index contributed by atoms with van der Waals surface area (Å²) in [6.07, 6.45) is 0.747. The van der Waals surface area contributed by atoms with Crippen molar-refractivity contribution in [3.63, 3.8) is 0 Å². The molecule has 16 heavy (non-hydrogen) atoms. The molecule has 90 valence electrons. The third-order valence-electron chi connectivity index (χ3n) is 2.54. The van der Waals surface area contributed by atoms with Crippen molar-refractivity contribution in [2.24, 2.45) is 5.92 Å². The molecule has 1 rings (SSSR count). The van der Waals surface area contributed by atoms with Crippen molar-refractivity contribution in [1.82, 2.24) is 15.0 Å². The Kier molecular flexibility index (Phi) is 3.32. The third-order valence-corrected chi connectivity index (χ3v) is 2.54. The quantitative estimate of drug-likeness (QED) is 0.793. The van der Waals surface area contributed by atoms with Gasteiger partial charge >= 0.3 is 5.97 Å². The van der Waals surface area contributed by atoms with E-state index in [1.165, 1.54) is 24.7 Å². The van der Waals surface area contributed by atoms with Gasteiger partial charge in [-0.15, -0.1) is 5.10 Å². The number of aliphatic carboxylic acids is 1. The van der Waals surface area contributed by atoms with Crippen LogP contribution in [-0.2, 0) is 10.3 Å². The lowest BCUT2D eigenvalue weighted by Crippen LogP contribution is -2.36. The molecule has 0 amide bonds. The second-order valence-electron chi connectivity index (χ2n) is 4.64. The summed E-state index contributed by atoms with van der Waals surface area (Å²) in [5, 5.41) is 26.3. The van der Waals surface area contributed by atoms with Crippen LogP contribution in [-0.4, -0.2) is 31.2 Å². The first-order chi connectivity index (χ1) is 7.26. The highest BCUT2D eigenvalue weighted by molar-refractivity contribution is 5.75. The average molecular weight is 227 g/mol. The number of carboxylic acids is 1. The SMILES string of the molecule is CC(C)C(O)c1cn(C(C)(C)C(=O)O)nn1. The molecular weight excluding hydrogens is 210 g/mol. The molecule has 0 aliphatic heterocycles. The van der Waals surface area contributed by atoms with E-state index in [2.05, 4.69) is 10.3 Å². The molecule has 0 aromatic carbocycles. The number of hydrogen-bond acceptors (Lipinski definition) is 4. The van der Waals surface area contributed by atoms with Gasteiger partial charge in [0.25, 0.3) is 0 Å². The van der Waals surface area contributed by atoms with Crippen LogP contribution < -0.4 is 0 Å². The van der Waals surface area contributed by atoms with Gasteiger partial charge in [-0.2, -0.15) is 0 Å². The van der Waals surface area contributed by atoms with E-state index in [1.54, 1.807) is 0 Å². The summed E-state index contributed by atoms with van der Waals surface area (Å²) >= 11 is 0. The largest absolute Gasteiger partial charge is 0.479 e. The van der Waals surface area contributed by atoms with Gasteiger partial charge in [-0.3, -0.25) is 0 Å². The Bertz CT molecular complexity index is 384. The van der Waals surface area contributed by atoms with Gasteiger partial charge in [-0.25, -0.2) is 9.48 Å². The molecule has 0 radical (unpaired) electrons. The molecule has 1 unspecified atom stereocenters. The maximum Gasteiger partial charge on any atom is 0.331 e. The van der Waals surface area contributed by atoms with Gasteiger partial charge in [0.15, 0.2) is 5.54 Å². The van der Waals surface area contributed by atoms with Crippen LogP contribution >= 0.6 is 0 Å². The van der Waals surface area contributed by atoms with E-state index in [9.17, 15) is 9.90 Å². The van der Waals surface area contributed by atoms with Gasteiger partial charge < -0.3 is 10.2 Å². The fourth-order valence-electron chi connectivity index (χ4n) is 1.12. The predicted octanol–water partition coefficient (Wildman–Crippen LogP) is 0.787. The highest BCUT2D eigenvalue weighted by atomic mass is 16.4. The molecule has 1 atom stereocenters. The molecule has 1 aromatic heterocycles. The summed E-state index contributed by atoms with van der Waals surface area (Å²) < 4.78 is 1.25. The third kappa shape index (κ3) is 2.21. The Morgan fingerprint density at radius 2 is 2.06 bits per heavy atom. The van der Waals surface area contributed by atoms with E-state index < -0.39 is 17.6 Å². The second-order valence-corrected chi connectivity index (χ2v) is 4.64. The highest BCUT2D eigenvalue weighted by Crippen LogP contribution is 2.21. The lowest BCUT2D eigenvalue weighted by molar-refractivity contribution is -0.146. The number of hydrogen-bond donors (Lipinski definition) is 2. The van der Waals surface area contributed by atoms with E-state index in [-0.39, 0.29) is 5.92 Å². The van der Waals surface area contributed by atoms with Crippen LogP contribution in [0.4, 0.5) is 0 Å². The molecule has 0 bridgehead atoms. The number of carboxylic acid groups (broad SMARTS) is 1. The van der Waals surface area contributed by atoms with E-state index in [0.29, 0.717) is 5.69 Å². The maximum absolute atomic E-state index is 11.0. The normalized spacial score (nSPS) is 14.1. The first kappa shape index (κ1) is 12.6. The molecule has 1 heterocycles. The summed E-state index contributed by atoms with van der Waals surface area (Å²) in [5.74, 6) is -0.985. The predicted molar refractivity (Wildman–Crippen MR) is 56.8 cm³/mol. The minimum atomic E-state index is -1.16. The Labute approximate surface area is 93.9 Å². The zero-order chi connectivity index (χ0) is 12.5. The summed E-state index contributed by atoms with van der Waals surface area (Å²) in [6, 6.07) is 0. The minimum Gasteiger partial charge on any atom is -0.479 e. The van der Waals surface area contributed by atoms with E-state index >= 15 is 0 Å². The van der Waals surface area contributed by atoms with Crippen LogP contribution in [0.1, 0.15) is 39.5 Å². The van der Waals surface area contributed by atoms with E-state index in [1.807, 2.05) is 13.8 Å². The summed E-state index contributed by atoms with van der Waals surface area (Å²) in [6.45, 7) is 6.75. The molecule has 0 saturated heterocycles. The molecule has 6 nitrogen and oxygen atoms in total. The molecule has 0 aliphatic carbocycles. The van der Waals surface area contributed by atoms with Crippen LogP contribution in [0.2, 0.25) is 0 Å². The van der Waals surface area contributed by atoms with Gasteiger partial charge in [0.2, 0.25) is 0 Å². The number of aliphatic hydroxyl groups is 1. The molecule has 0 fully saturated rings. The molecule has 2 N–H and O–H groups in total. The number of rotatable bonds is 4. The Hall–Kier alpha value is -1.43. The van der Waals surface area contributed by atoms with E-state index in [0.717, 1.165) is 0 Å². The van der Waals surface area contributed by atoms with Crippen LogP contribution in [0.5, 0.6) is 0 Å². The van der Waals surface area contributed by atoms with Crippen molar-refractivity contribution >= 4 is 5.97 Å². The van der Waals surface area contributed by atoms with Crippen molar-refractivity contribution in [1.29, 1.82) is 0 Å². The Balaban J connectivity index is 3.00. The van der Waals surface area contributed by atoms with Gasteiger partial charge in [0.05, 0.1) is 6.20 Å². The van der Waals surface area contributed by atoms with Crippen LogP contribution in [0.25, 0.3) is 0 Å². The zero-order valence-electron chi connectivity index (χ0n) is 9.88. The lowest BCUT2D eigenvalue weighted by atomic mass is 10.0. The smallest absolute Gasteiger partial charge is 0.331 e. The molecule has 6 heteroatoms. The van der Waals surface area contributed by atoms with E-state index in [4.69, 9.17) is 5.11 Å². The van der Waals surface area contributed by atoms with Crippen molar-refractivity contribution in [3.8, 4) is 0 Å². The van der Waals surface area contributed by atoms with Crippen molar-refractivity contribution in [2.45, 2.75) is 39.3 Å². The monoisotopic (exact) mass is 227 g/mol. The van der Waals surface area contributed by atoms with Gasteiger partial charge in [-0.1, -0.05) is 19.1 Å². The fraction of sp³-hybridized carbons (Fsp3) is 0.700. The first-order valence-electron chi connectivity index (χ1n) is 5.11. The molecule has 0 spiro atoms. The number of aliphatic hydroxyl groups excluding tert-OH is 1. The van der Waals surface area contributed by atoms with Crippen molar-refractivity contribution in [2.75, 3.05) is 0 Å². The topological polar surface area (TPSA) is 88.2 Å². The Morgan fingerprint density at radius 3 is 2.50 bits per heavy atom. The number of aromatic nitrogens is 3. The summed E-state index contributed by atoms with van der Waals surface area (Å²) in [5.41, 5.74) is -0.772. The van der Waals surface area contributed by atoms with Crippen LogP contribution in [0.15, 0.2) is 6.20 Å².